The van der Waals surface area contributed by atoms with Crippen molar-refractivity contribution in [3.05, 3.63) is 76.3 Å². The highest BCUT2D eigenvalue weighted by molar-refractivity contribution is 9.10. The first kappa shape index (κ1) is 20.9. The van der Waals surface area contributed by atoms with E-state index in [1.54, 1.807) is 32.0 Å². The Balaban J connectivity index is 1.99. The Kier molecular flexibility index (Phi) is 6.23. The molecule has 0 aliphatic rings. The first-order chi connectivity index (χ1) is 13.7. The minimum absolute atomic E-state index is 0.0160. The van der Waals surface area contributed by atoms with Crippen molar-refractivity contribution in [2.24, 2.45) is 4.40 Å². The van der Waals surface area contributed by atoms with Crippen LogP contribution in [0.2, 0.25) is 0 Å². The zero-order valence-corrected chi connectivity index (χ0v) is 17.9. The second-order valence-corrected chi connectivity index (χ2v) is 8.62. The molecule has 3 rings (SSSR count). The summed E-state index contributed by atoms with van der Waals surface area (Å²) in [7, 11) is -4.03. The summed E-state index contributed by atoms with van der Waals surface area (Å²) >= 11 is 3.27. The van der Waals surface area contributed by atoms with Crippen molar-refractivity contribution in [2.75, 3.05) is 10.6 Å². The lowest BCUT2D eigenvalue weighted by Gasteiger charge is -2.12. The van der Waals surface area contributed by atoms with E-state index >= 15 is 0 Å². The second kappa shape index (κ2) is 8.66. The summed E-state index contributed by atoms with van der Waals surface area (Å²) in [6.45, 7) is 3.59. The van der Waals surface area contributed by atoms with Gasteiger partial charge in [0.2, 0.25) is 11.9 Å². The SMILES string of the molecule is Cc1cc(C)nc(N/C(=N\S(=O)(=O)c2ccc(Br)cc2)Nc2ccc(F)cc2)n1. The number of aromatic nitrogens is 2. The van der Waals surface area contributed by atoms with Gasteiger partial charge >= 0.3 is 0 Å². The van der Waals surface area contributed by atoms with E-state index in [-0.39, 0.29) is 16.8 Å². The predicted molar refractivity (Wildman–Crippen MR) is 114 cm³/mol. The van der Waals surface area contributed by atoms with Crippen LogP contribution in [0.1, 0.15) is 11.4 Å². The topological polar surface area (TPSA) is 96.3 Å². The number of sulfonamides is 1. The molecule has 7 nitrogen and oxygen atoms in total. The van der Waals surface area contributed by atoms with Crippen molar-refractivity contribution >= 4 is 43.5 Å². The molecule has 0 radical (unpaired) electrons. The average molecular weight is 478 g/mol. The minimum Gasteiger partial charge on any atom is -0.325 e. The summed E-state index contributed by atoms with van der Waals surface area (Å²) in [6.07, 6.45) is 0. The maximum absolute atomic E-state index is 13.2. The van der Waals surface area contributed by atoms with Gasteiger partial charge in [0.15, 0.2) is 0 Å². The summed E-state index contributed by atoms with van der Waals surface area (Å²) in [5, 5.41) is 5.63. The number of benzene rings is 2. The Bertz CT molecular complexity index is 1130. The van der Waals surface area contributed by atoms with Gasteiger partial charge in [0, 0.05) is 21.5 Å². The maximum atomic E-state index is 13.2. The molecule has 0 spiro atoms. The van der Waals surface area contributed by atoms with Crippen LogP contribution in [0.4, 0.5) is 16.0 Å². The van der Waals surface area contributed by atoms with E-state index in [1.807, 2.05) is 0 Å². The second-order valence-electron chi connectivity index (χ2n) is 6.10. The van der Waals surface area contributed by atoms with Gasteiger partial charge in [-0.2, -0.15) is 8.42 Å². The summed E-state index contributed by atoms with van der Waals surface area (Å²) in [6, 6.07) is 13.3. The zero-order valence-electron chi connectivity index (χ0n) is 15.5. The number of guanidine groups is 1. The van der Waals surface area contributed by atoms with Crippen LogP contribution in [0.15, 0.2) is 68.4 Å². The molecule has 0 saturated heterocycles. The van der Waals surface area contributed by atoms with Gasteiger partial charge < -0.3 is 5.32 Å². The van der Waals surface area contributed by atoms with E-state index in [0.29, 0.717) is 17.1 Å². The Labute approximate surface area is 176 Å². The lowest BCUT2D eigenvalue weighted by Crippen LogP contribution is -2.25. The van der Waals surface area contributed by atoms with Gasteiger partial charge in [-0.15, -0.1) is 4.40 Å². The molecule has 150 valence electrons. The summed E-state index contributed by atoms with van der Waals surface area (Å²) < 4.78 is 43.3. The molecule has 0 atom stereocenters. The van der Waals surface area contributed by atoms with Crippen molar-refractivity contribution in [1.29, 1.82) is 0 Å². The van der Waals surface area contributed by atoms with E-state index < -0.39 is 15.8 Å². The Morgan fingerprint density at radius 2 is 1.55 bits per heavy atom. The fourth-order valence-corrected chi connectivity index (χ4v) is 3.60. The van der Waals surface area contributed by atoms with Crippen LogP contribution in [0.3, 0.4) is 0 Å². The largest absolute Gasteiger partial charge is 0.325 e. The van der Waals surface area contributed by atoms with Gasteiger partial charge in [0.25, 0.3) is 10.0 Å². The minimum atomic E-state index is -4.03. The van der Waals surface area contributed by atoms with Crippen molar-refractivity contribution < 1.29 is 12.8 Å². The fourth-order valence-electron chi connectivity index (χ4n) is 2.41. The lowest BCUT2D eigenvalue weighted by molar-refractivity contribution is 0.598. The molecule has 3 aromatic rings. The van der Waals surface area contributed by atoms with Crippen LogP contribution < -0.4 is 10.6 Å². The molecule has 2 N–H and O–H groups in total. The van der Waals surface area contributed by atoms with Crippen molar-refractivity contribution in [3.63, 3.8) is 0 Å². The Morgan fingerprint density at radius 3 is 2.14 bits per heavy atom. The van der Waals surface area contributed by atoms with Gasteiger partial charge in [-0.05, 0) is 68.4 Å². The molecule has 0 unspecified atom stereocenters. The molecule has 0 saturated carbocycles. The molecule has 0 fully saturated rings. The third-order valence-electron chi connectivity index (χ3n) is 3.64. The highest BCUT2D eigenvalue weighted by Crippen LogP contribution is 2.18. The molecule has 1 aromatic heterocycles. The van der Waals surface area contributed by atoms with Crippen LogP contribution in [0, 0.1) is 19.7 Å². The normalized spacial score (nSPS) is 11.9. The van der Waals surface area contributed by atoms with Gasteiger partial charge in [-0.25, -0.2) is 14.4 Å². The van der Waals surface area contributed by atoms with Gasteiger partial charge in [0.05, 0.1) is 4.90 Å². The molecule has 0 aliphatic carbocycles. The van der Waals surface area contributed by atoms with Gasteiger partial charge in [-0.3, -0.25) is 5.32 Å². The number of anilines is 2. The van der Waals surface area contributed by atoms with E-state index in [4.69, 9.17) is 0 Å². The highest BCUT2D eigenvalue weighted by Gasteiger charge is 2.16. The van der Waals surface area contributed by atoms with Crippen LogP contribution in [-0.4, -0.2) is 24.3 Å². The summed E-state index contributed by atoms with van der Waals surface area (Å²) in [5.74, 6) is -0.353. The van der Waals surface area contributed by atoms with Crippen LogP contribution >= 0.6 is 15.9 Å². The number of halogens is 2. The first-order valence-corrected chi connectivity index (χ1v) is 10.7. The van der Waals surface area contributed by atoms with Gasteiger partial charge in [0.1, 0.15) is 5.82 Å². The first-order valence-electron chi connectivity index (χ1n) is 8.44. The van der Waals surface area contributed by atoms with Crippen LogP contribution in [0.25, 0.3) is 0 Å². The standard InChI is InChI=1S/C19H17BrFN5O2S/c1-12-11-13(2)23-18(22-12)25-19(24-16-7-5-15(21)6-8-16)26-29(27,28)17-9-3-14(20)4-10-17/h3-11H,1-2H3,(H2,22,23,24,25,26). The lowest BCUT2D eigenvalue weighted by atomic mass is 10.3. The van der Waals surface area contributed by atoms with E-state index in [9.17, 15) is 12.8 Å². The molecule has 1 heterocycles. The molecule has 10 heteroatoms. The van der Waals surface area contributed by atoms with Gasteiger partial charge in [-0.1, -0.05) is 15.9 Å². The molecule has 0 bridgehead atoms. The Hall–Kier alpha value is -2.85. The quantitative estimate of drug-likeness (QED) is 0.430. The third-order valence-corrected chi connectivity index (χ3v) is 5.46. The molecule has 29 heavy (non-hydrogen) atoms. The number of nitrogens with one attached hydrogen (secondary N) is 2. The monoisotopic (exact) mass is 477 g/mol. The van der Waals surface area contributed by atoms with E-state index in [1.165, 1.54) is 36.4 Å². The molecule has 2 aromatic carbocycles. The average Bonchev–Trinajstić information content (AvgIpc) is 2.63. The van der Waals surface area contributed by atoms with Crippen LogP contribution in [-0.2, 0) is 10.0 Å². The molecule has 0 amide bonds. The van der Waals surface area contributed by atoms with Crippen molar-refractivity contribution in [1.82, 2.24) is 9.97 Å². The number of hydrogen-bond donors (Lipinski definition) is 2. The number of hydrogen-bond acceptors (Lipinski definition) is 4. The highest BCUT2D eigenvalue weighted by atomic mass is 79.9. The predicted octanol–water partition coefficient (Wildman–Crippen LogP) is 4.26. The maximum Gasteiger partial charge on any atom is 0.285 e. The fraction of sp³-hybridized carbons (Fsp3) is 0.105. The smallest absolute Gasteiger partial charge is 0.285 e. The summed E-state index contributed by atoms with van der Waals surface area (Å²) in [4.78, 5) is 8.50. The van der Waals surface area contributed by atoms with Crippen LogP contribution in [0.5, 0.6) is 0 Å². The Morgan fingerprint density at radius 1 is 0.966 bits per heavy atom. The van der Waals surface area contributed by atoms with Crippen molar-refractivity contribution in [2.45, 2.75) is 18.7 Å². The molecular formula is C19H17BrFN5O2S. The number of aryl methyl sites for hydroxylation is 2. The van der Waals surface area contributed by atoms with E-state index in [0.717, 1.165) is 4.47 Å². The number of rotatable bonds is 4. The zero-order chi connectivity index (χ0) is 21.0. The molecular weight excluding hydrogens is 461 g/mol. The van der Waals surface area contributed by atoms with Crippen molar-refractivity contribution in [3.8, 4) is 0 Å². The summed E-state index contributed by atoms with van der Waals surface area (Å²) in [5.41, 5.74) is 1.85. The number of nitrogens with zero attached hydrogens (tertiary/aromatic N) is 3. The molecule has 0 aliphatic heterocycles. The third kappa shape index (κ3) is 5.81. The van der Waals surface area contributed by atoms with E-state index in [2.05, 4.69) is 40.9 Å².